The van der Waals surface area contributed by atoms with Gasteiger partial charge in [-0.15, -0.1) is 0 Å². The predicted molar refractivity (Wildman–Crippen MR) is 134 cm³/mol. The molecule has 2 aliphatic rings. The number of rotatable bonds is 9. The van der Waals surface area contributed by atoms with Crippen LogP contribution in [0.3, 0.4) is 0 Å². The molecule has 2 fully saturated rings. The molecular weight excluding hydrogens is 452 g/mol. The minimum atomic E-state index is -0.848. The van der Waals surface area contributed by atoms with Gasteiger partial charge in [0.15, 0.2) is 0 Å². The number of likely N-dealkylation sites (tertiary alicyclic amines) is 1. The number of anilines is 1. The summed E-state index contributed by atoms with van der Waals surface area (Å²) in [6.45, 7) is 7.97. The van der Waals surface area contributed by atoms with Crippen LogP contribution in [-0.2, 0) is 4.79 Å². The average molecular weight is 487 g/mol. The lowest BCUT2D eigenvalue weighted by atomic mass is 10.0. The monoisotopic (exact) mass is 486 g/mol. The maximum Gasteiger partial charge on any atom is 0.225 e. The number of ether oxygens (including phenoxy) is 1. The fraction of sp³-hybridized carbons (Fsp3) is 0.538. The first-order chi connectivity index (χ1) is 16.4. The van der Waals surface area contributed by atoms with Gasteiger partial charge in [-0.3, -0.25) is 4.79 Å². The van der Waals surface area contributed by atoms with Crippen LogP contribution in [-0.4, -0.2) is 65.8 Å². The Morgan fingerprint density at radius 3 is 2.56 bits per heavy atom. The third-order valence-corrected chi connectivity index (χ3v) is 6.82. The van der Waals surface area contributed by atoms with Crippen molar-refractivity contribution in [2.75, 3.05) is 37.6 Å². The van der Waals surface area contributed by atoms with Gasteiger partial charge in [0.05, 0.1) is 18.1 Å². The van der Waals surface area contributed by atoms with Crippen molar-refractivity contribution in [3.8, 4) is 5.88 Å². The van der Waals surface area contributed by atoms with E-state index in [1.165, 1.54) is 0 Å². The first kappa shape index (κ1) is 24.8. The maximum atomic E-state index is 13.2. The van der Waals surface area contributed by atoms with Crippen LogP contribution in [0.1, 0.15) is 44.8 Å². The van der Waals surface area contributed by atoms with Crippen molar-refractivity contribution in [3.05, 3.63) is 53.2 Å². The van der Waals surface area contributed by atoms with Gasteiger partial charge in [0.2, 0.25) is 11.8 Å². The number of hydrogen-bond donors (Lipinski definition) is 2. The highest BCUT2D eigenvalue weighted by molar-refractivity contribution is 6.30. The number of carbonyl (C=O) groups is 1. The summed E-state index contributed by atoms with van der Waals surface area (Å²) < 4.78 is 5.62. The van der Waals surface area contributed by atoms with Gasteiger partial charge in [0, 0.05) is 48.2 Å². The Bertz CT molecular complexity index is 932. The number of hydrogen-bond acceptors (Lipinski definition) is 6. The van der Waals surface area contributed by atoms with Gasteiger partial charge in [-0.2, -0.15) is 0 Å². The van der Waals surface area contributed by atoms with Crippen LogP contribution in [0.15, 0.2) is 42.6 Å². The molecule has 2 saturated heterocycles. The third kappa shape index (κ3) is 6.40. The Morgan fingerprint density at radius 2 is 1.91 bits per heavy atom. The van der Waals surface area contributed by atoms with Gasteiger partial charge >= 0.3 is 0 Å². The predicted octanol–water partition coefficient (Wildman–Crippen LogP) is 3.66. The highest BCUT2D eigenvalue weighted by Gasteiger charge is 2.33. The maximum absolute atomic E-state index is 13.2. The minimum absolute atomic E-state index is 0.00701. The number of benzene rings is 1. The first-order valence-electron chi connectivity index (χ1n) is 12.2. The standard InChI is InChI=1S/C26H35ClN4O3/c1-18(2)34-24-10-5-19(15-28-24)25(32)23(17-30-12-3-4-13-30)29-26(33)20-11-14-31(16-20)22-8-6-21(27)7-9-22/h5-10,15,18,20,23,25,32H,3-4,11-14,16-17H2,1-2H3,(H,29,33)/t20?,23-,25-/m1/s1. The van der Waals surface area contributed by atoms with Crippen LogP contribution in [0.5, 0.6) is 5.88 Å². The minimum Gasteiger partial charge on any atom is -0.475 e. The number of pyridine rings is 1. The van der Waals surface area contributed by atoms with Crippen LogP contribution >= 0.6 is 11.6 Å². The smallest absolute Gasteiger partial charge is 0.225 e. The second kappa shape index (κ2) is 11.4. The summed E-state index contributed by atoms with van der Waals surface area (Å²) in [6.07, 6.45) is 3.91. The van der Waals surface area contributed by atoms with Crippen molar-refractivity contribution >= 4 is 23.2 Å². The molecule has 1 amide bonds. The molecule has 2 aliphatic heterocycles. The molecule has 0 spiro atoms. The van der Waals surface area contributed by atoms with Crippen molar-refractivity contribution in [1.82, 2.24) is 15.2 Å². The summed E-state index contributed by atoms with van der Waals surface area (Å²) in [5.41, 5.74) is 1.75. The Kier molecular flexibility index (Phi) is 8.29. The lowest BCUT2D eigenvalue weighted by Crippen LogP contribution is -2.48. The number of carbonyl (C=O) groups excluding carboxylic acids is 1. The van der Waals surface area contributed by atoms with Crippen molar-refractivity contribution in [3.63, 3.8) is 0 Å². The second-order valence-electron chi connectivity index (χ2n) is 9.57. The molecule has 3 atom stereocenters. The summed E-state index contributed by atoms with van der Waals surface area (Å²) in [6, 6.07) is 10.9. The van der Waals surface area contributed by atoms with Gasteiger partial charge in [0.1, 0.15) is 6.10 Å². The second-order valence-corrected chi connectivity index (χ2v) is 10.0. The Balaban J connectivity index is 1.42. The Labute approximate surface area is 207 Å². The van der Waals surface area contributed by atoms with Crippen LogP contribution in [0.4, 0.5) is 5.69 Å². The fourth-order valence-electron chi connectivity index (χ4n) is 4.74. The zero-order valence-corrected chi connectivity index (χ0v) is 20.7. The zero-order valence-electron chi connectivity index (χ0n) is 20.0. The van der Waals surface area contributed by atoms with E-state index >= 15 is 0 Å². The van der Waals surface area contributed by atoms with E-state index in [4.69, 9.17) is 16.3 Å². The van der Waals surface area contributed by atoms with Crippen molar-refractivity contribution < 1.29 is 14.6 Å². The molecule has 1 aromatic carbocycles. The molecule has 3 heterocycles. The lowest BCUT2D eigenvalue weighted by molar-refractivity contribution is -0.126. The summed E-state index contributed by atoms with van der Waals surface area (Å²) in [5, 5.41) is 15.1. The molecule has 7 nitrogen and oxygen atoms in total. The molecule has 1 aromatic heterocycles. The summed E-state index contributed by atoms with van der Waals surface area (Å²) >= 11 is 6.01. The Morgan fingerprint density at radius 1 is 1.18 bits per heavy atom. The van der Waals surface area contributed by atoms with E-state index in [0.717, 1.165) is 44.6 Å². The number of aliphatic hydroxyl groups is 1. The number of halogens is 1. The van der Waals surface area contributed by atoms with Crippen LogP contribution < -0.4 is 15.0 Å². The average Bonchev–Trinajstić information content (AvgIpc) is 3.51. The van der Waals surface area contributed by atoms with Crippen LogP contribution in [0.25, 0.3) is 0 Å². The number of nitrogens with zero attached hydrogens (tertiary/aromatic N) is 3. The molecular formula is C26H35ClN4O3. The molecule has 2 N–H and O–H groups in total. The molecule has 0 aliphatic carbocycles. The highest BCUT2D eigenvalue weighted by Crippen LogP contribution is 2.26. The van der Waals surface area contributed by atoms with Gasteiger partial charge in [-0.25, -0.2) is 4.98 Å². The van der Waals surface area contributed by atoms with E-state index < -0.39 is 12.1 Å². The Hall–Kier alpha value is -2.35. The zero-order chi connectivity index (χ0) is 24.1. The third-order valence-electron chi connectivity index (χ3n) is 6.57. The van der Waals surface area contributed by atoms with Gasteiger partial charge < -0.3 is 25.0 Å². The molecule has 2 aromatic rings. The molecule has 0 bridgehead atoms. The molecule has 184 valence electrons. The summed E-state index contributed by atoms with van der Waals surface area (Å²) in [4.78, 5) is 22.1. The van der Waals surface area contributed by atoms with E-state index in [1.807, 2.05) is 44.2 Å². The molecule has 0 saturated carbocycles. The highest BCUT2D eigenvalue weighted by atomic mass is 35.5. The SMILES string of the molecule is CC(C)Oc1ccc([C@@H](O)[C@@H](CN2CCCC2)NC(=O)C2CCN(c3ccc(Cl)cc3)C2)cn1. The topological polar surface area (TPSA) is 77.9 Å². The molecule has 8 heteroatoms. The van der Waals surface area contributed by atoms with E-state index in [9.17, 15) is 9.90 Å². The van der Waals surface area contributed by atoms with Crippen LogP contribution in [0.2, 0.25) is 5.02 Å². The van der Waals surface area contributed by atoms with Crippen LogP contribution in [0, 0.1) is 5.92 Å². The van der Waals surface area contributed by atoms with Gasteiger partial charge in [-0.05, 0) is 76.5 Å². The molecule has 4 rings (SSSR count). The number of aromatic nitrogens is 1. The quantitative estimate of drug-likeness (QED) is 0.563. The number of amides is 1. The first-order valence-corrected chi connectivity index (χ1v) is 12.6. The molecule has 34 heavy (non-hydrogen) atoms. The number of nitrogens with one attached hydrogen (secondary N) is 1. The van der Waals surface area contributed by atoms with Crippen molar-refractivity contribution in [2.24, 2.45) is 5.92 Å². The van der Waals surface area contributed by atoms with Gasteiger partial charge in [0.25, 0.3) is 0 Å². The van der Waals surface area contributed by atoms with E-state index in [2.05, 4.69) is 20.1 Å². The molecule has 0 radical (unpaired) electrons. The van der Waals surface area contributed by atoms with E-state index in [-0.39, 0.29) is 17.9 Å². The summed E-state index contributed by atoms with van der Waals surface area (Å²) in [5.74, 6) is 0.399. The van der Waals surface area contributed by atoms with Crippen molar-refractivity contribution in [2.45, 2.75) is 51.4 Å². The van der Waals surface area contributed by atoms with Crippen molar-refractivity contribution in [1.29, 1.82) is 0 Å². The molecule has 1 unspecified atom stereocenters. The van der Waals surface area contributed by atoms with Gasteiger partial charge in [-0.1, -0.05) is 11.6 Å². The lowest BCUT2D eigenvalue weighted by Gasteiger charge is -2.29. The fourth-order valence-corrected chi connectivity index (χ4v) is 4.87. The summed E-state index contributed by atoms with van der Waals surface area (Å²) in [7, 11) is 0. The van der Waals surface area contributed by atoms with E-state index in [1.54, 1.807) is 12.3 Å². The number of aliphatic hydroxyl groups excluding tert-OH is 1. The normalized spacial score (nSPS) is 20.5. The largest absolute Gasteiger partial charge is 0.475 e. The van der Waals surface area contributed by atoms with E-state index in [0.29, 0.717) is 29.6 Å².